The third-order valence-corrected chi connectivity index (χ3v) is 3.38. The summed E-state index contributed by atoms with van der Waals surface area (Å²) in [5.74, 6) is 0.854. The molecule has 1 saturated heterocycles. The quantitative estimate of drug-likeness (QED) is 0.722. The van der Waals surface area contributed by atoms with E-state index in [4.69, 9.17) is 4.74 Å². The molecule has 2 aliphatic rings. The Labute approximate surface area is 97.3 Å². The number of hydrogen-bond acceptors (Lipinski definition) is 3. The minimum Gasteiger partial charge on any atom is -0.381 e. The van der Waals surface area contributed by atoms with Gasteiger partial charge in [0.15, 0.2) is 0 Å². The van der Waals surface area contributed by atoms with Crippen LogP contribution in [-0.4, -0.2) is 49.7 Å². The zero-order valence-corrected chi connectivity index (χ0v) is 10.1. The van der Waals surface area contributed by atoms with Gasteiger partial charge in [-0.05, 0) is 32.1 Å². The van der Waals surface area contributed by atoms with Crippen molar-refractivity contribution in [3.05, 3.63) is 0 Å². The molecule has 1 aliphatic heterocycles. The molecule has 0 bridgehead atoms. The van der Waals surface area contributed by atoms with E-state index >= 15 is 0 Å². The molecule has 2 rings (SSSR count). The van der Waals surface area contributed by atoms with Crippen molar-refractivity contribution < 1.29 is 9.53 Å². The summed E-state index contributed by atoms with van der Waals surface area (Å²) in [6.45, 7) is 6.03. The van der Waals surface area contributed by atoms with E-state index in [9.17, 15) is 4.79 Å². The fourth-order valence-corrected chi connectivity index (χ4v) is 2.25. The molecule has 1 heterocycles. The Hall–Kier alpha value is -0.610. The molecule has 0 aromatic carbocycles. The van der Waals surface area contributed by atoms with E-state index in [0.717, 1.165) is 32.7 Å². The van der Waals surface area contributed by atoms with E-state index in [1.54, 1.807) is 0 Å². The third kappa shape index (κ3) is 3.19. The zero-order valence-electron chi connectivity index (χ0n) is 10.1. The van der Waals surface area contributed by atoms with Gasteiger partial charge in [-0.25, -0.2) is 0 Å². The van der Waals surface area contributed by atoms with Crippen LogP contribution in [0.1, 0.15) is 26.2 Å². The van der Waals surface area contributed by atoms with Crippen molar-refractivity contribution in [2.24, 2.45) is 5.92 Å². The molecule has 16 heavy (non-hydrogen) atoms. The molecule has 0 radical (unpaired) electrons. The van der Waals surface area contributed by atoms with Gasteiger partial charge in [-0.15, -0.1) is 0 Å². The molecule has 0 aromatic rings. The summed E-state index contributed by atoms with van der Waals surface area (Å²) >= 11 is 0. The van der Waals surface area contributed by atoms with Crippen LogP contribution >= 0.6 is 0 Å². The summed E-state index contributed by atoms with van der Waals surface area (Å²) in [7, 11) is 0. The van der Waals surface area contributed by atoms with Gasteiger partial charge in [-0.1, -0.05) is 0 Å². The Kier molecular flexibility index (Phi) is 4.18. The van der Waals surface area contributed by atoms with Gasteiger partial charge in [0, 0.05) is 25.7 Å². The molecular formula is C12H22N2O2. The summed E-state index contributed by atoms with van der Waals surface area (Å²) in [5, 5.41) is 3.25. The van der Waals surface area contributed by atoms with Gasteiger partial charge in [0.25, 0.3) is 0 Å². The summed E-state index contributed by atoms with van der Waals surface area (Å²) in [5.41, 5.74) is 0. The van der Waals surface area contributed by atoms with E-state index in [1.807, 2.05) is 4.90 Å². The Morgan fingerprint density at radius 3 is 2.81 bits per heavy atom. The normalized spacial score (nSPS) is 24.7. The molecule has 0 spiro atoms. The average Bonchev–Trinajstić information content (AvgIpc) is 2.96. The van der Waals surface area contributed by atoms with E-state index in [0.29, 0.717) is 18.5 Å². The molecule has 1 unspecified atom stereocenters. The van der Waals surface area contributed by atoms with Crippen molar-refractivity contribution in [2.45, 2.75) is 32.2 Å². The van der Waals surface area contributed by atoms with E-state index < -0.39 is 0 Å². The van der Waals surface area contributed by atoms with Crippen LogP contribution in [0.2, 0.25) is 0 Å². The molecule has 1 aliphatic carbocycles. The molecule has 92 valence electrons. The number of nitrogens with one attached hydrogen (secondary N) is 1. The van der Waals surface area contributed by atoms with Gasteiger partial charge >= 0.3 is 0 Å². The van der Waals surface area contributed by atoms with Crippen LogP contribution in [0.25, 0.3) is 0 Å². The standard InChI is InChI=1S/C12H22N2O2/c1-2-14(11-3-4-11)12(15)8-13-7-10-5-6-16-9-10/h10-11,13H,2-9H2,1H3. The Morgan fingerprint density at radius 2 is 2.25 bits per heavy atom. The van der Waals surface area contributed by atoms with Crippen molar-refractivity contribution in [3.8, 4) is 0 Å². The minimum atomic E-state index is 0.254. The molecule has 1 saturated carbocycles. The second-order valence-corrected chi connectivity index (χ2v) is 4.77. The first-order chi connectivity index (χ1) is 7.81. The number of rotatable bonds is 6. The molecule has 1 atom stereocenters. The van der Waals surface area contributed by atoms with Crippen LogP contribution in [0.4, 0.5) is 0 Å². The third-order valence-electron chi connectivity index (χ3n) is 3.38. The SMILES string of the molecule is CCN(C(=O)CNCC1CCOC1)C1CC1. The fourth-order valence-electron chi connectivity index (χ4n) is 2.25. The monoisotopic (exact) mass is 226 g/mol. The largest absolute Gasteiger partial charge is 0.381 e. The number of carbonyl (C=O) groups excluding carboxylic acids is 1. The molecule has 2 fully saturated rings. The lowest BCUT2D eigenvalue weighted by Gasteiger charge is -2.21. The summed E-state index contributed by atoms with van der Waals surface area (Å²) in [4.78, 5) is 13.9. The van der Waals surface area contributed by atoms with Crippen molar-refractivity contribution in [2.75, 3.05) is 32.8 Å². The lowest BCUT2D eigenvalue weighted by atomic mass is 10.1. The maximum absolute atomic E-state index is 11.9. The van der Waals surface area contributed by atoms with Gasteiger partial charge in [0.1, 0.15) is 0 Å². The first-order valence-electron chi connectivity index (χ1n) is 6.39. The smallest absolute Gasteiger partial charge is 0.236 e. The van der Waals surface area contributed by atoms with Gasteiger partial charge in [-0.2, -0.15) is 0 Å². The number of amides is 1. The molecule has 1 N–H and O–H groups in total. The maximum Gasteiger partial charge on any atom is 0.236 e. The van der Waals surface area contributed by atoms with Crippen molar-refractivity contribution in [1.82, 2.24) is 10.2 Å². The van der Waals surface area contributed by atoms with Gasteiger partial charge in [-0.3, -0.25) is 4.79 Å². The number of likely N-dealkylation sites (N-methyl/N-ethyl adjacent to an activating group) is 1. The number of hydrogen-bond donors (Lipinski definition) is 1. The minimum absolute atomic E-state index is 0.254. The highest BCUT2D eigenvalue weighted by Gasteiger charge is 2.30. The lowest BCUT2D eigenvalue weighted by molar-refractivity contribution is -0.130. The second-order valence-electron chi connectivity index (χ2n) is 4.77. The van der Waals surface area contributed by atoms with Gasteiger partial charge in [0.05, 0.1) is 13.2 Å². The van der Waals surface area contributed by atoms with E-state index in [1.165, 1.54) is 12.8 Å². The number of ether oxygens (including phenoxy) is 1. The highest BCUT2D eigenvalue weighted by atomic mass is 16.5. The van der Waals surface area contributed by atoms with Crippen LogP contribution in [0, 0.1) is 5.92 Å². The molecule has 4 nitrogen and oxygen atoms in total. The highest BCUT2D eigenvalue weighted by Crippen LogP contribution is 2.26. The average molecular weight is 226 g/mol. The first kappa shape index (κ1) is 11.9. The highest BCUT2D eigenvalue weighted by molar-refractivity contribution is 5.78. The van der Waals surface area contributed by atoms with Crippen LogP contribution in [0.3, 0.4) is 0 Å². The number of nitrogens with zero attached hydrogens (tertiary/aromatic N) is 1. The summed E-state index contributed by atoms with van der Waals surface area (Å²) in [6.07, 6.45) is 3.51. The zero-order chi connectivity index (χ0) is 11.4. The fraction of sp³-hybridized carbons (Fsp3) is 0.917. The van der Waals surface area contributed by atoms with Crippen LogP contribution in [0.5, 0.6) is 0 Å². The van der Waals surface area contributed by atoms with Gasteiger partial charge < -0.3 is 15.0 Å². The first-order valence-corrected chi connectivity index (χ1v) is 6.39. The van der Waals surface area contributed by atoms with E-state index in [2.05, 4.69) is 12.2 Å². The van der Waals surface area contributed by atoms with Crippen molar-refractivity contribution in [1.29, 1.82) is 0 Å². The van der Waals surface area contributed by atoms with Gasteiger partial charge in [0.2, 0.25) is 5.91 Å². The predicted octanol–water partition coefficient (Wildman–Crippen LogP) is 0.623. The van der Waals surface area contributed by atoms with Crippen molar-refractivity contribution in [3.63, 3.8) is 0 Å². The van der Waals surface area contributed by atoms with Crippen LogP contribution in [0.15, 0.2) is 0 Å². The summed E-state index contributed by atoms with van der Waals surface area (Å²) < 4.78 is 5.30. The topological polar surface area (TPSA) is 41.6 Å². The molecular weight excluding hydrogens is 204 g/mol. The molecule has 0 aromatic heterocycles. The van der Waals surface area contributed by atoms with Crippen molar-refractivity contribution >= 4 is 5.91 Å². The lowest BCUT2D eigenvalue weighted by Crippen LogP contribution is -2.40. The maximum atomic E-state index is 11.9. The number of carbonyl (C=O) groups is 1. The van der Waals surface area contributed by atoms with Crippen LogP contribution in [-0.2, 0) is 9.53 Å². The predicted molar refractivity (Wildman–Crippen MR) is 62.2 cm³/mol. The van der Waals surface area contributed by atoms with Crippen LogP contribution < -0.4 is 5.32 Å². The summed E-state index contributed by atoms with van der Waals surface area (Å²) in [6, 6.07) is 0.536. The molecule has 4 heteroatoms. The Balaban J connectivity index is 1.62. The van der Waals surface area contributed by atoms with E-state index in [-0.39, 0.29) is 5.91 Å². The second kappa shape index (κ2) is 5.64. The Morgan fingerprint density at radius 1 is 1.44 bits per heavy atom. The molecule has 1 amide bonds. The Bertz CT molecular complexity index is 235.